The number of rotatable bonds is 4. The smallest absolute Gasteiger partial charge is 0.0669 e. The highest BCUT2D eigenvalue weighted by molar-refractivity contribution is 5.54. The Morgan fingerprint density at radius 2 is 2.21 bits per heavy atom. The van der Waals surface area contributed by atoms with E-state index < -0.39 is 0 Å². The molecule has 0 spiro atoms. The molecule has 2 nitrogen and oxygen atoms in total. The molecule has 0 saturated carbocycles. The van der Waals surface area contributed by atoms with Crippen molar-refractivity contribution in [3.63, 3.8) is 0 Å². The van der Waals surface area contributed by atoms with Crippen molar-refractivity contribution in [2.24, 2.45) is 0 Å². The lowest BCUT2D eigenvalue weighted by Crippen LogP contribution is -2.03. The second kappa shape index (κ2) is 5.95. The second-order valence-electron chi connectivity index (χ2n) is 2.99. The maximum atomic E-state index is 8.63. The third-order valence-electron chi connectivity index (χ3n) is 1.94. The van der Waals surface area contributed by atoms with E-state index in [9.17, 15) is 0 Å². The quantitative estimate of drug-likeness (QED) is 0.780. The van der Waals surface area contributed by atoms with E-state index in [1.165, 1.54) is 0 Å². The largest absolute Gasteiger partial charge is 0.316 e. The molecule has 2 heteroatoms. The van der Waals surface area contributed by atoms with Gasteiger partial charge in [0.2, 0.25) is 0 Å². The van der Waals surface area contributed by atoms with E-state index in [0.29, 0.717) is 6.42 Å². The van der Waals surface area contributed by atoms with E-state index in [1.54, 1.807) is 0 Å². The molecule has 0 aliphatic rings. The van der Waals surface area contributed by atoms with Gasteiger partial charge in [0.25, 0.3) is 0 Å². The number of nitriles is 1. The van der Waals surface area contributed by atoms with Crippen molar-refractivity contribution in [1.82, 2.24) is 5.32 Å². The third kappa shape index (κ3) is 3.04. The highest BCUT2D eigenvalue weighted by Gasteiger charge is 1.96. The molecule has 14 heavy (non-hydrogen) atoms. The summed E-state index contributed by atoms with van der Waals surface area (Å²) in [5, 5.41) is 11.7. The van der Waals surface area contributed by atoms with E-state index >= 15 is 0 Å². The summed E-state index contributed by atoms with van der Waals surface area (Å²) in [6.07, 6.45) is 4.57. The first-order valence-corrected chi connectivity index (χ1v) is 4.64. The fourth-order valence-corrected chi connectivity index (χ4v) is 1.25. The van der Waals surface area contributed by atoms with Crippen LogP contribution in [0.5, 0.6) is 0 Å². The maximum absolute atomic E-state index is 8.63. The van der Waals surface area contributed by atoms with Crippen LogP contribution in [0, 0.1) is 11.3 Å². The van der Waals surface area contributed by atoms with Gasteiger partial charge in [-0.1, -0.05) is 36.4 Å². The van der Waals surface area contributed by atoms with Crippen molar-refractivity contribution in [2.45, 2.75) is 6.42 Å². The minimum absolute atomic E-state index is 0.472. The van der Waals surface area contributed by atoms with Crippen molar-refractivity contribution in [3.05, 3.63) is 41.5 Å². The summed E-state index contributed by atoms with van der Waals surface area (Å²) in [5.74, 6) is 0. The fourth-order valence-electron chi connectivity index (χ4n) is 1.25. The topological polar surface area (TPSA) is 35.8 Å². The molecule has 0 aliphatic heterocycles. The van der Waals surface area contributed by atoms with E-state index in [0.717, 1.165) is 17.7 Å². The second-order valence-corrected chi connectivity index (χ2v) is 2.99. The van der Waals surface area contributed by atoms with Crippen LogP contribution in [0.25, 0.3) is 6.08 Å². The van der Waals surface area contributed by atoms with Gasteiger partial charge in [-0.15, -0.1) is 0 Å². The lowest BCUT2D eigenvalue weighted by atomic mass is 10.0. The lowest BCUT2D eigenvalue weighted by molar-refractivity contribution is 0.922. The molecular weight excluding hydrogens is 172 g/mol. The van der Waals surface area contributed by atoms with Gasteiger partial charge >= 0.3 is 0 Å². The van der Waals surface area contributed by atoms with Gasteiger partial charge in [0, 0.05) is 6.54 Å². The summed E-state index contributed by atoms with van der Waals surface area (Å²) in [7, 11) is 1.91. The molecule has 0 amide bonds. The minimum Gasteiger partial charge on any atom is -0.316 e. The van der Waals surface area contributed by atoms with Crippen molar-refractivity contribution in [3.8, 4) is 6.07 Å². The van der Waals surface area contributed by atoms with Crippen LogP contribution in [-0.2, 0) is 6.42 Å². The van der Waals surface area contributed by atoms with Crippen LogP contribution in [0.4, 0.5) is 0 Å². The number of likely N-dealkylation sites (N-methyl/N-ethyl adjacent to an activating group) is 1. The summed E-state index contributed by atoms with van der Waals surface area (Å²) in [6.45, 7) is 0.848. The van der Waals surface area contributed by atoms with Crippen LogP contribution in [-0.4, -0.2) is 13.6 Å². The van der Waals surface area contributed by atoms with Crippen LogP contribution >= 0.6 is 0 Å². The van der Waals surface area contributed by atoms with E-state index in [1.807, 2.05) is 37.4 Å². The van der Waals surface area contributed by atoms with E-state index in [2.05, 4.69) is 17.5 Å². The monoisotopic (exact) mass is 186 g/mol. The van der Waals surface area contributed by atoms with Crippen LogP contribution in [0.2, 0.25) is 0 Å². The van der Waals surface area contributed by atoms with Gasteiger partial charge in [0.05, 0.1) is 12.5 Å². The summed E-state index contributed by atoms with van der Waals surface area (Å²) >= 11 is 0. The Morgan fingerprint density at radius 1 is 1.43 bits per heavy atom. The molecule has 0 unspecified atom stereocenters. The van der Waals surface area contributed by atoms with Crippen LogP contribution < -0.4 is 5.32 Å². The highest BCUT2D eigenvalue weighted by atomic mass is 14.8. The Labute approximate surface area is 84.9 Å². The molecule has 0 aliphatic carbocycles. The summed E-state index contributed by atoms with van der Waals surface area (Å²) in [5.41, 5.74) is 2.21. The first kappa shape index (κ1) is 10.5. The zero-order valence-electron chi connectivity index (χ0n) is 8.33. The number of nitrogens with one attached hydrogen (secondary N) is 1. The molecule has 0 aromatic heterocycles. The molecule has 0 heterocycles. The van der Waals surface area contributed by atoms with Gasteiger partial charge in [-0.2, -0.15) is 5.26 Å². The van der Waals surface area contributed by atoms with Gasteiger partial charge in [0.15, 0.2) is 0 Å². The molecule has 1 aromatic rings. The zero-order chi connectivity index (χ0) is 10.2. The third-order valence-corrected chi connectivity index (χ3v) is 1.94. The number of hydrogen-bond acceptors (Lipinski definition) is 2. The van der Waals surface area contributed by atoms with Crippen LogP contribution in [0.3, 0.4) is 0 Å². The maximum Gasteiger partial charge on any atom is 0.0669 e. The molecule has 72 valence electrons. The van der Waals surface area contributed by atoms with Crippen LogP contribution in [0.1, 0.15) is 11.1 Å². The first-order chi connectivity index (χ1) is 6.88. The van der Waals surface area contributed by atoms with Crippen molar-refractivity contribution >= 4 is 6.08 Å². The van der Waals surface area contributed by atoms with E-state index in [-0.39, 0.29) is 0 Å². The van der Waals surface area contributed by atoms with Gasteiger partial charge in [-0.3, -0.25) is 0 Å². The Bertz CT molecular complexity index is 348. The molecule has 1 aromatic carbocycles. The summed E-state index contributed by atoms with van der Waals surface area (Å²) in [4.78, 5) is 0. The minimum atomic E-state index is 0.472. The van der Waals surface area contributed by atoms with Gasteiger partial charge in [0.1, 0.15) is 0 Å². The van der Waals surface area contributed by atoms with Crippen molar-refractivity contribution < 1.29 is 0 Å². The lowest BCUT2D eigenvalue weighted by Gasteiger charge is -2.00. The molecule has 1 N–H and O–H groups in total. The Balaban J connectivity index is 2.79. The number of nitrogens with zero attached hydrogens (tertiary/aromatic N) is 1. The normalized spacial score (nSPS) is 10.3. The van der Waals surface area contributed by atoms with E-state index in [4.69, 9.17) is 5.26 Å². The van der Waals surface area contributed by atoms with Crippen LogP contribution in [0.15, 0.2) is 30.3 Å². The molecule has 1 rings (SSSR count). The Hall–Kier alpha value is -1.59. The Kier molecular flexibility index (Phi) is 4.46. The zero-order valence-corrected chi connectivity index (χ0v) is 8.33. The summed E-state index contributed by atoms with van der Waals surface area (Å²) in [6, 6.07) is 10.1. The van der Waals surface area contributed by atoms with Crippen molar-refractivity contribution in [1.29, 1.82) is 5.26 Å². The highest BCUT2D eigenvalue weighted by Crippen LogP contribution is 2.10. The number of hydrogen-bond donors (Lipinski definition) is 1. The molecule has 0 fully saturated rings. The average Bonchev–Trinajstić information content (AvgIpc) is 2.21. The molecule has 0 atom stereocenters. The first-order valence-electron chi connectivity index (χ1n) is 4.64. The van der Waals surface area contributed by atoms with Gasteiger partial charge < -0.3 is 5.32 Å². The SMILES string of the molecule is CNCC=Cc1ccccc1CC#N. The molecular formula is C12H14N2. The standard InChI is InChI=1S/C12H14N2/c1-14-10-4-7-11-5-2-3-6-12(11)8-9-13/h2-7,14H,8,10H2,1H3. The summed E-state index contributed by atoms with van der Waals surface area (Å²) < 4.78 is 0. The predicted octanol–water partition coefficient (Wildman–Crippen LogP) is 1.99. The molecule has 0 saturated heterocycles. The average molecular weight is 186 g/mol. The molecule has 0 radical (unpaired) electrons. The molecule has 0 bridgehead atoms. The fraction of sp³-hybridized carbons (Fsp3) is 0.250. The van der Waals surface area contributed by atoms with Crippen molar-refractivity contribution in [2.75, 3.05) is 13.6 Å². The van der Waals surface area contributed by atoms with Gasteiger partial charge in [-0.25, -0.2) is 0 Å². The van der Waals surface area contributed by atoms with Gasteiger partial charge in [-0.05, 0) is 18.2 Å². The predicted molar refractivity (Wildman–Crippen MR) is 58.7 cm³/mol. The number of benzene rings is 1. The Morgan fingerprint density at radius 3 is 2.93 bits per heavy atom.